The molecule has 0 aliphatic rings. The average Bonchev–Trinajstić information content (AvgIpc) is 3.08. The Kier molecular flexibility index (Phi) is 6.91. The number of thiazole rings is 1. The van der Waals surface area contributed by atoms with Crippen LogP contribution in [-0.4, -0.2) is 35.1 Å². The van der Waals surface area contributed by atoms with E-state index >= 15 is 0 Å². The van der Waals surface area contributed by atoms with Crippen LogP contribution in [0.15, 0.2) is 36.4 Å². The van der Waals surface area contributed by atoms with Crippen LogP contribution in [0.4, 0.5) is 13.9 Å². The van der Waals surface area contributed by atoms with Crippen LogP contribution in [0.2, 0.25) is 0 Å². The topological polar surface area (TPSA) is 90.4 Å². The number of pyridine rings is 1. The van der Waals surface area contributed by atoms with Gasteiger partial charge in [-0.2, -0.15) is 8.78 Å². The fourth-order valence-corrected chi connectivity index (χ4v) is 3.62. The van der Waals surface area contributed by atoms with Crippen LogP contribution in [-0.2, 0) is 4.74 Å². The van der Waals surface area contributed by atoms with Gasteiger partial charge >= 0.3 is 12.6 Å². The number of hydrogen-bond donors (Lipinski definition) is 1. The largest absolute Gasteiger partial charge is 0.462 e. The number of rotatable bonds is 7. The molecule has 0 spiro atoms. The first-order valence-electron chi connectivity index (χ1n) is 9.27. The van der Waals surface area contributed by atoms with Gasteiger partial charge in [0.15, 0.2) is 5.13 Å². The zero-order valence-corrected chi connectivity index (χ0v) is 17.8. The summed E-state index contributed by atoms with van der Waals surface area (Å²) < 4.78 is 33.9. The Morgan fingerprint density at radius 1 is 1.10 bits per heavy atom. The maximum absolute atomic E-state index is 12.6. The molecule has 3 rings (SSSR count). The van der Waals surface area contributed by atoms with E-state index in [2.05, 4.69) is 20.0 Å². The molecular weight excluding hydrogens is 428 g/mol. The molecule has 1 aromatic carbocycles. The zero-order chi connectivity index (χ0) is 22.5. The molecule has 162 valence electrons. The highest BCUT2D eigenvalue weighted by molar-refractivity contribution is 7.16. The molecule has 0 saturated heterocycles. The zero-order valence-electron chi connectivity index (χ0n) is 16.9. The minimum Gasteiger partial charge on any atom is -0.462 e. The van der Waals surface area contributed by atoms with Gasteiger partial charge in [0.25, 0.3) is 5.91 Å². The van der Waals surface area contributed by atoms with Crippen molar-refractivity contribution in [3.8, 4) is 17.0 Å². The molecule has 0 radical (unpaired) electrons. The number of aryl methyl sites for hydroxylation is 2. The van der Waals surface area contributed by atoms with Crippen molar-refractivity contribution in [2.75, 3.05) is 11.9 Å². The van der Waals surface area contributed by atoms with Gasteiger partial charge in [0.2, 0.25) is 0 Å². The first-order valence-corrected chi connectivity index (χ1v) is 10.1. The predicted molar refractivity (Wildman–Crippen MR) is 112 cm³/mol. The number of aromatic nitrogens is 2. The predicted octanol–water partition coefficient (Wildman–Crippen LogP) is 4.85. The summed E-state index contributed by atoms with van der Waals surface area (Å²) in [5, 5.41) is 3.05. The lowest BCUT2D eigenvalue weighted by atomic mass is 10.1. The fourth-order valence-electron chi connectivity index (χ4n) is 2.79. The van der Waals surface area contributed by atoms with Crippen molar-refractivity contribution in [2.24, 2.45) is 0 Å². The first kappa shape index (κ1) is 22.3. The van der Waals surface area contributed by atoms with E-state index in [1.807, 2.05) is 6.92 Å². The number of alkyl halides is 2. The number of halogens is 2. The van der Waals surface area contributed by atoms with E-state index in [9.17, 15) is 18.4 Å². The molecule has 31 heavy (non-hydrogen) atoms. The van der Waals surface area contributed by atoms with Crippen LogP contribution in [0.5, 0.6) is 5.75 Å². The quantitative estimate of drug-likeness (QED) is 0.521. The van der Waals surface area contributed by atoms with E-state index < -0.39 is 18.5 Å². The molecule has 0 aliphatic heterocycles. The van der Waals surface area contributed by atoms with Gasteiger partial charge in [0.1, 0.15) is 11.4 Å². The molecule has 0 fully saturated rings. The Hall–Kier alpha value is -3.40. The van der Waals surface area contributed by atoms with Crippen LogP contribution < -0.4 is 10.1 Å². The van der Waals surface area contributed by atoms with Crippen molar-refractivity contribution in [3.63, 3.8) is 0 Å². The summed E-state index contributed by atoms with van der Waals surface area (Å²) in [6.45, 7) is 2.52. The van der Waals surface area contributed by atoms with E-state index in [0.29, 0.717) is 27.6 Å². The van der Waals surface area contributed by atoms with Crippen LogP contribution >= 0.6 is 11.3 Å². The van der Waals surface area contributed by atoms with Gasteiger partial charge in [-0.25, -0.2) is 14.8 Å². The van der Waals surface area contributed by atoms with Crippen LogP contribution in [0, 0.1) is 13.8 Å². The fraction of sp³-hybridized carbons (Fsp3) is 0.238. The van der Waals surface area contributed by atoms with E-state index in [0.717, 1.165) is 4.88 Å². The van der Waals surface area contributed by atoms with Crippen molar-refractivity contribution in [1.82, 2.24) is 9.97 Å². The van der Waals surface area contributed by atoms with Crippen molar-refractivity contribution in [1.29, 1.82) is 0 Å². The van der Waals surface area contributed by atoms with Gasteiger partial charge in [0, 0.05) is 10.4 Å². The monoisotopic (exact) mass is 447 g/mol. The maximum Gasteiger partial charge on any atom is 0.387 e. The summed E-state index contributed by atoms with van der Waals surface area (Å²) in [5.74, 6) is -0.919. The number of anilines is 1. The normalized spacial score (nSPS) is 10.8. The van der Waals surface area contributed by atoms with Gasteiger partial charge in [-0.3, -0.25) is 10.1 Å². The highest BCUT2D eigenvalue weighted by Gasteiger charge is 2.17. The lowest BCUT2D eigenvalue weighted by Crippen LogP contribution is -2.16. The third kappa shape index (κ3) is 5.40. The number of amides is 1. The molecule has 7 nitrogen and oxygen atoms in total. The summed E-state index contributed by atoms with van der Waals surface area (Å²) in [7, 11) is 0. The van der Waals surface area contributed by atoms with Gasteiger partial charge in [-0.1, -0.05) is 0 Å². The lowest BCUT2D eigenvalue weighted by Gasteiger charge is -2.07. The molecule has 2 aromatic heterocycles. The first-order chi connectivity index (χ1) is 14.8. The van der Waals surface area contributed by atoms with Gasteiger partial charge < -0.3 is 9.47 Å². The van der Waals surface area contributed by atoms with Crippen molar-refractivity contribution >= 4 is 28.3 Å². The minimum atomic E-state index is -2.89. The van der Waals surface area contributed by atoms with Gasteiger partial charge in [-0.05, 0) is 57.2 Å². The Labute approximate surface area is 181 Å². The molecule has 3 aromatic rings. The highest BCUT2D eigenvalue weighted by atomic mass is 32.1. The second kappa shape index (κ2) is 9.61. The molecule has 0 atom stereocenters. The molecule has 1 N–H and O–H groups in total. The Morgan fingerprint density at radius 3 is 2.42 bits per heavy atom. The van der Waals surface area contributed by atoms with Crippen LogP contribution in [0.1, 0.15) is 38.3 Å². The molecule has 0 bridgehead atoms. The summed E-state index contributed by atoms with van der Waals surface area (Å²) in [6, 6.07) is 9.02. The average molecular weight is 447 g/mol. The Balaban J connectivity index is 1.74. The summed E-state index contributed by atoms with van der Waals surface area (Å²) in [6.07, 6.45) is 0. The molecule has 0 saturated carbocycles. The molecular formula is C21H19F2N3O4S. The third-order valence-electron chi connectivity index (χ3n) is 4.18. The smallest absolute Gasteiger partial charge is 0.387 e. The Bertz CT molecular complexity index is 1100. The molecule has 2 heterocycles. The number of nitrogens with zero attached hydrogens (tertiary/aromatic N) is 2. The SMILES string of the molecule is CCOC(=O)c1ccc(C(=O)Nc2nc(-c3ccc(OC(F)F)cc3)c(C)s2)nc1C. The van der Waals surface area contributed by atoms with E-state index in [1.54, 1.807) is 26.0 Å². The molecule has 10 heteroatoms. The van der Waals surface area contributed by atoms with Crippen molar-refractivity contribution in [2.45, 2.75) is 27.4 Å². The number of ether oxygens (including phenoxy) is 2. The Morgan fingerprint density at radius 2 is 1.81 bits per heavy atom. The minimum absolute atomic E-state index is 0.0490. The number of nitrogens with one attached hydrogen (secondary N) is 1. The van der Waals surface area contributed by atoms with E-state index in [-0.39, 0.29) is 18.1 Å². The summed E-state index contributed by atoms with van der Waals surface area (Å²) in [5.41, 5.74) is 2.13. The van der Waals surface area contributed by atoms with E-state index in [4.69, 9.17) is 4.74 Å². The lowest BCUT2D eigenvalue weighted by molar-refractivity contribution is -0.0498. The number of hydrogen-bond acceptors (Lipinski definition) is 7. The van der Waals surface area contributed by atoms with Crippen molar-refractivity contribution < 1.29 is 27.8 Å². The second-order valence-electron chi connectivity index (χ2n) is 6.33. The van der Waals surface area contributed by atoms with Gasteiger partial charge in [0.05, 0.1) is 23.6 Å². The van der Waals surface area contributed by atoms with Crippen molar-refractivity contribution in [3.05, 3.63) is 58.2 Å². The van der Waals surface area contributed by atoms with Crippen LogP contribution in [0.3, 0.4) is 0 Å². The molecule has 1 amide bonds. The number of carbonyl (C=O) groups is 2. The number of carbonyl (C=O) groups excluding carboxylic acids is 2. The summed E-state index contributed by atoms with van der Waals surface area (Å²) in [4.78, 5) is 33.9. The van der Waals surface area contributed by atoms with Crippen LogP contribution in [0.25, 0.3) is 11.3 Å². The second-order valence-corrected chi connectivity index (χ2v) is 7.53. The number of esters is 1. The third-order valence-corrected chi connectivity index (χ3v) is 5.07. The highest BCUT2D eigenvalue weighted by Crippen LogP contribution is 2.31. The van der Waals surface area contributed by atoms with E-state index in [1.165, 1.54) is 35.6 Å². The standard InChI is InChI=1S/C21H19F2N3O4S/c1-4-29-19(28)15-9-10-16(24-11(15)2)18(27)26-21-25-17(12(3)31-21)13-5-7-14(8-6-13)30-20(22)23/h5-10,20H,4H2,1-3H3,(H,25,26,27). The maximum atomic E-state index is 12.6. The molecule has 0 unspecified atom stereocenters. The summed E-state index contributed by atoms with van der Waals surface area (Å²) >= 11 is 1.27. The molecule has 0 aliphatic carbocycles. The number of benzene rings is 1. The van der Waals surface area contributed by atoms with Gasteiger partial charge in [-0.15, -0.1) is 11.3 Å².